The van der Waals surface area contributed by atoms with Crippen LogP contribution in [0.4, 0.5) is 5.82 Å². The van der Waals surface area contributed by atoms with E-state index in [1.54, 1.807) is 12.1 Å². The van der Waals surface area contributed by atoms with Gasteiger partial charge in [-0.1, -0.05) is 23.8 Å². The second kappa shape index (κ2) is 6.84. The molecule has 7 nitrogen and oxygen atoms in total. The number of nitrogens with zero attached hydrogens (tertiary/aromatic N) is 3. The smallest absolute Gasteiger partial charge is 0.359 e. The average Bonchev–Trinajstić information content (AvgIpc) is 3.04. The number of hydrogen-bond donors (Lipinski definition) is 3. The van der Waals surface area contributed by atoms with Crippen LogP contribution in [0.1, 0.15) is 16.8 Å². The minimum absolute atomic E-state index is 0.0218. The Morgan fingerprint density at radius 3 is 2.55 bits per heavy atom. The monoisotopic (exact) mass is 386 g/mol. The lowest BCUT2D eigenvalue weighted by Crippen LogP contribution is -2.33. The number of rotatable bonds is 3. The maximum absolute atomic E-state index is 9.97. The Bertz CT molecular complexity index is 1280. The summed E-state index contributed by atoms with van der Waals surface area (Å²) in [5.41, 5.74) is 11.3. The summed E-state index contributed by atoms with van der Waals surface area (Å²) in [5.74, 6) is 0.477. The summed E-state index contributed by atoms with van der Waals surface area (Å²) in [4.78, 5) is 4.52. The SMILES string of the molecule is COc1cc(-c2c(C#N)c(N)nc3c2c(C)[nH][n+]3-c2ccc(C)cc2)ccc1O. The molecular weight excluding hydrogens is 366 g/mol. The van der Waals surface area contributed by atoms with E-state index in [-0.39, 0.29) is 17.1 Å². The van der Waals surface area contributed by atoms with Gasteiger partial charge in [-0.15, -0.1) is 4.68 Å². The first kappa shape index (κ1) is 18.3. The second-order valence-electron chi connectivity index (χ2n) is 6.85. The van der Waals surface area contributed by atoms with Crippen molar-refractivity contribution in [3.8, 4) is 34.4 Å². The van der Waals surface area contributed by atoms with Crippen molar-refractivity contribution in [2.75, 3.05) is 12.8 Å². The molecule has 2 aromatic heterocycles. The normalized spacial score (nSPS) is 10.8. The van der Waals surface area contributed by atoms with Crippen molar-refractivity contribution in [3.63, 3.8) is 0 Å². The summed E-state index contributed by atoms with van der Waals surface area (Å²) in [7, 11) is 1.48. The molecule has 0 radical (unpaired) electrons. The van der Waals surface area contributed by atoms with Gasteiger partial charge in [0.15, 0.2) is 17.2 Å². The van der Waals surface area contributed by atoms with Gasteiger partial charge in [-0.25, -0.2) is 5.10 Å². The van der Waals surface area contributed by atoms with E-state index in [1.807, 2.05) is 42.8 Å². The highest BCUT2D eigenvalue weighted by Crippen LogP contribution is 2.38. The summed E-state index contributed by atoms with van der Waals surface area (Å²) in [5, 5.41) is 23.9. The number of phenols is 1. The van der Waals surface area contributed by atoms with Crippen molar-refractivity contribution in [1.29, 1.82) is 5.26 Å². The highest BCUT2D eigenvalue weighted by atomic mass is 16.5. The van der Waals surface area contributed by atoms with E-state index in [9.17, 15) is 10.4 Å². The van der Waals surface area contributed by atoms with Crippen LogP contribution in [0.2, 0.25) is 0 Å². The number of benzene rings is 2. The van der Waals surface area contributed by atoms with Gasteiger partial charge in [0.2, 0.25) is 0 Å². The summed E-state index contributed by atoms with van der Waals surface area (Å²) < 4.78 is 7.10. The highest BCUT2D eigenvalue weighted by molar-refractivity contribution is 5.99. The summed E-state index contributed by atoms with van der Waals surface area (Å²) in [6.07, 6.45) is 0. The first-order chi connectivity index (χ1) is 13.9. The zero-order valence-electron chi connectivity index (χ0n) is 16.3. The maximum Gasteiger partial charge on any atom is 0.359 e. The topological polar surface area (TPSA) is 112 Å². The maximum atomic E-state index is 9.97. The van der Waals surface area contributed by atoms with Crippen molar-refractivity contribution in [1.82, 2.24) is 10.1 Å². The zero-order valence-corrected chi connectivity index (χ0v) is 16.3. The lowest BCUT2D eigenvalue weighted by Gasteiger charge is -2.09. The lowest BCUT2D eigenvalue weighted by atomic mass is 9.96. The predicted octanol–water partition coefficient (Wildman–Crippen LogP) is 3.29. The molecule has 7 heteroatoms. The van der Waals surface area contributed by atoms with Crippen LogP contribution < -0.4 is 15.2 Å². The van der Waals surface area contributed by atoms with Gasteiger partial charge in [-0.3, -0.25) is 0 Å². The van der Waals surface area contributed by atoms with E-state index in [4.69, 9.17) is 10.5 Å². The number of nitrogens with one attached hydrogen (secondary N) is 1. The van der Waals surface area contributed by atoms with Gasteiger partial charge in [0.05, 0.1) is 12.8 Å². The molecule has 4 rings (SSSR count). The molecule has 0 atom stereocenters. The number of nitrogens with two attached hydrogens (primary N) is 1. The predicted molar refractivity (Wildman–Crippen MR) is 110 cm³/mol. The van der Waals surface area contributed by atoms with E-state index in [2.05, 4.69) is 16.2 Å². The molecule has 0 fully saturated rings. The van der Waals surface area contributed by atoms with Gasteiger partial charge in [-0.2, -0.15) is 5.26 Å². The number of aryl methyl sites for hydroxylation is 2. The van der Waals surface area contributed by atoms with Gasteiger partial charge in [-0.05, 0) is 48.7 Å². The molecular formula is C22H20N5O2+. The first-order valence-electron chi connectivity index (χ1n) is 9.03. The summed E-state index contributed by atoms with van der Waals surface area (Å²) in [6, 6.07) is 15.1. The molecule has 0 aliphatic heterocycles. The van der Waals surface area contributed by atoms with Crippen LogP contribution in [0.3, 0.4) is 0 Å². The van der Waals surface area contributed by atoms with Gasteiger partial charge < -0.3 is 15.6 Å². The molecule has 29 heavy (non-hydrogen) atoms. The Balaban J connectivity index is 2.09. The molecule has 2 aromatic carbocycles. The third-order valence-electron chi connectivity index (χ3n) is 4.94. The van der Waals surface area contributed by atoms with Crippen molar-refractivity contribution in [2.45, 2.75) is 13.8 Å². The quantitative estimate of drug-likeness (QED) is 0.468. The number of aromatic amines is 1. The van der Waals surface area contributed by atoms with Crippen LogP contribution in [-0.2, 0) is 0 Å². The highest BCUT2D eigenvalue weighted by Gasteiger charge is 2.28. The molecule has 0 saturated heterocycles. The van der Waals surface area contributed by atoms with Gasteiger partial charge in [0, 0.05) is 5.56 Å². The number of nitrogen functional groups attached to an aromatic ring is 1. The molecule has 0 spiro atoms. The van der Waals surface area contributed by atoms with E-state index in [0.717, 1.165) is 22.3 Å². The number of fused-ring (bicyclic) bond motifs is 1. The zero-order chi connectivity index (χ0) is 20.7. The number of aromatic hydroxyl groups is 1. The van der Waals surface area contributed by atoms with Crippen molar-refractivity contribution >= 4 is 16.9 Å². The van der Waals surface area contributed by atoms with Gasteiger partial charge in [0.1, 0.15) is 17.0 Å². The number of pyridine rings is 1. The average molecular weight is 386 g/mol. The number of ether oxygens (including phenoxy) is 1. The Morgan fingerprint density at radius 2 is 1.90 bits per heavy atom. The van der Waals surface area contributed by atoms with Crippen molar-refractivity contribution in [2.24, 2.45) is 0 Å². The third-order valence-corrected chi connectivity index (χ3v) is 4.94. The van der Waals surface area contributed by atoms with Crippen molar-refractivity contribution in [3.05, 3.63) is 59.3 Å². The number of anilines is 1. The molecule has 0 aliphatic rings. The minimum Gasteiger partial charge on any atom is -0.504 e. The van der Waals surface area contributed by atoms with E-state index < -0.39 is 0 Å². The van der Waals surface area contributed by atoms with Crippen LogP contribution in [0.5, 0.6) is 11.5 Å². The molecule has 0 amide bonds. The van der Waals surface area contributed by atoms with Gasteiger partial charge >= 0.3 is 5.65 Å². The molecule has 0 aliphatic carbocycles. The van der Waals surface area contributed by atoms with Crippen LogP contribution in [0, 0.1) is 25.2 Å². The van der Waals surface area contributed by atoms with Crippen LogP contribution in [0.15, 0.2) is 42.5 Å². The van der Waals surface area contributed by atoms with E-state index in [0.29, 0.717) is 22.5 Å². The Kier molecular flexibility index (Phi) is 4.32. The van der Waals surface area contributed by atoms with Crippen LogP contribution in [-0.4, -0.2) is 22.3 Å². The van der Waals surface area contributed by atoms with E-state index >= 15 is 0 Å². The largest absolute Gasteiger partial charge is 0.504 e. The first-order valence-corrected chi connectivity index (χ1v) is 9.03. The molecule has 0 unspecified atom stereocenters. The second-order valence-corrected chi connectivity index (χ2v) is 6.85. The third kappa shape index (κ3) is 2.91. The number of nitriles is 1. The molecule has 2 heterocycles. The Morgan fingerprint density at radius 1 is 1.17 bits per heavy atom. The molecule has 4 N–H and O–H groups in total. The van der Waals surface area contributed by atoms with Crippen molar-refractivity contribution < 1.29 is 14.5 Å². The fourth-order valence-corrected chi connectivity index (χ4v) is 3.50. The van der Waals surface area contributed by atoms with Crippen LogP contribution >= 0.6 is 0 Å². The number of hydrogen-bond acceptors (Lipinski definition) is 5. The molecule has 0 saturated carbocycles. The standard InChI is InChI=1S/C22H19N5O2/c1-12-4-7-15(8-5-12)27-22-19(13(2)26-27)20(16(11-23)21(24)25-22)14-6-9-17(28)18(10-14)29-3/h4-10H,1-3H3,(H3,24,25,26,28)/p+1. The number of methoxy groups -OCH3 is 1. The van der Waals surface area contributed by atoms with Gasteiger partial charge in [0.25, 0.3) is 5.82 Å². The van der Waals surface area contributed by atoms with E-state index in [1.165, 1.54) is 13.2 Å². The molecule has 144 valence electrons. The Hall–Kier alpha value is -4.05. The summed E-state index contributed by atoms with van der Waals surface area (Å²) >= 11 is 0. The summed E-state index contributed by atoms with van der Waals surface area (Å²) in [6.45, 7) is 3.95. The number of H-pyrrole nitrogens is 1. The molecule has 0 bridgehead atoms. The number of aromatic nitrogens is 3. The minimum atomic E-state index is 0.0218. The lowest BCUT2D eigenvalue weighted by molar-refractivity contribution is -0.632. The Labute approximate surface area is 167 Å². The number of phenolic OH excluding ortho intramolecular Hbond substituents is 1. The van der Waals surface area contributed by atoms with Crippen LogP contribution in [0.25, 0.3) is 27.8 Å². The fraction of sp³-hybridized carbons (Fsp3) is 0.136. The molecule has 4 aromatic rings. The fourth-order valence-electron chi connectivity index (χ4n) is 3.50.